The Morgan fingerprint density at radius 2 is 2.00 bits per heavy atom. The van der Waals surface area contributed by atoms with Gasteiger partial charge in [-0.2, -0.15) is 5.10 Å². The number of nitrogens with zero attached hydrogens (tertiary/aromatic N) is 4. The number of anilines is 1. The van der Waals surface area contributed by atoms with Crippen LogP contribution in [0.1, 0.15) is 41.3 Å². The molecule has 4 aromatic rings. The predicted octanol–water partition coefficient (Wildman–Crippen LogP) is 4.91. The van der Waals surface area contributed by atoms with Crippen LogP contribution in [0.4, 0.5) is 19.7 Å². The summed E-state index contributed by atoms with van der Waals surface area (Å²) in [6.45, 7) is 3.60. The van der Waals surface area contributed by atoms with Gasteiger partial charge in [0.25, 0.3) is 0 Å². The Balaban J connectivity index is 1.14. The molecule has 0 radical (unpaired) electrons. The number of fused-ring (bicyclic) bond motifs is 2. The first-order valence-corrected chi connectivity index (χ1v) is 13.2. The highest BCUT2D eigenvalue weighted by Crippen LogP contribution is 2.28. The minimum Gasteiger partial charge on any atom is -0.329 e. The zero-order chi connectivity index (χ0) is 26.9. The maximum atomic E-state index is 14.1. The first kappa shape index (κ1) is 24.8. The number of piperidine rings is 1. The Kier molecular flexibility index (Phi) is 6.60. The SMILES string of the molecule is Cc1cc(CC(NC(=O)N2CCC(N3Cc4ccccc4NC3=O)CC2)c2cc(F)ccn2)cc2cn[nH]c12. The molecule has 2 aliphatic heterocycles. The summed E-state index contributed by atoms with van der Waals surface area (Å²) < 4.78 is 14.1. The molecule has 1 atom stereocenters. The number of carbonyl (C=O) groups excluding carboxylic acids is 2. The van der Waals surface area contributed by atoms with Crippen molar-refractivity contribution in [3.05, 3.63) is 89.1 Å². The number of likely N-dealkylation sites (tertiary alicyclic amines) is 1. The van der Waals surface area contributed by atoms with Crippen LogP contribution in [0.15, 0.2) is 60.9 Å². The van der Waals surface area contributed by atoms with Gasteiger partial charge in [0.2, 0.25) is 0 Å². The summed E-state index contributed by atoms with van der Waals surface area (Å²) in [5, 5.41) is 14.2. The topological polar surface area (TPSA) is 106 Å². The number of nitrogens with one attached hydrogen (secondary N) is 3. The summed E-state index contributed by atoms with van der Waals surface area (Å²) in [4.78, 5) is 34.1. The molecular weight excluding hydrogens is 497 g/mol. The number of pyridine rings is 1. The number of para-hydroxylation sites is 1. The third-order valence-electron chi connectivity index (χ3n) is 7.70. The summed E-state index contributed by atoms with van der Waals surface area (Å²) in [7, 11) is 0. The van der Waals surface area contributed by atoms with Gasteiger partial charge in [0.05, 0.1) is 23.4 Å². The van der Waals surface area contributed by atoms with Crippen LogP contribution in [0.3, 0.4) is 0 Å². The van der Waals surface area contributed by atoms with Crippen LogP contribution in [0, 0.1) is 12.7 Å². The van der Waals surface area contributed by atoms with Gasteiger partial charge in [0.1, 0.15) is 5.82 Å². The average Bonchev–Trinajstić information content (AvgIpc) is 3.42. The first-order chi connectivity index (χ1) is 18.9. The van der Waals surface area contributed by atoms with E-state index >= 15 is 0 Å². The summed E-state index contributed by atoms with van der Waals surface area (Å²) in [6.07, 6.45) is 5.01. The number of aromatic amines is 1. The number of aromatic nitrogens is 3. The lowest BCUT2D eigenvalue weighted by Crippen LogP contribution is -2.53. The maximum Gasteiger partial charge on any atom is 0.322 e. The minimum absolute atomic E-state index is 0.0488. The van der Waals surface area contributed by atoms with Crippen molar-refractivity contribution >= 4 is 28.7 Å². The Morgan fingerprint density at radius 1 is 1.18 bits per heavy atom. The van der Waals surface area contributed by atoms with Crippen molar-refractivity contribution in [1.29, 1.82) is 0 Å². The lowest BCUT2D eigenvalue weighted by molar-refractivity contribution is 0.127. The van der Waals surface area contributed by atoms with Crippen LogP contribution in [-0.2, 0) is 13.0 Å². The third kappa shape index (κ3) is 5.14. The fraction of sp³-hybridized carbons (Fsp3) is 0.310. The van der Waals surface area contributed by atoms with Gasteiger partial charge in [-0.05, 0) is 67.1 Å². The molecular formula is C29H30FN7O2. The fourth-order valence-electron chi connectivity index (χ4n) is 5.65. The molecule has 1 unspecified atom stereocenters. The van der Waals surface area contributed by atoms with E-state index in [1.807, 2.05) is 48.2 Å². The van der Waals surface area contributed by atoms with Gasteiger partial charge < -0.3 is 20.4 Å². The summed E-state index contributed by atoms with van der Waals surface area (Å²) in [5.41, 5.74) is 5.42. The molecule has 1 saturated heterocycles. The van der Waals surface area contributed by atoms with E-state index in [1.165, 1.54) is 18.3 Å². The standard InChI is InChI=1S/C29H30FN7O2/c1-18-12-19(13-21-16-32-35-27(18)21)14-26(25-15-22(30)6-9-31-25)34-28(38)36-10-7-23(8-11-36)37-17-20-4-2-3-5-24(20)33-29(37)39/h2-6,9,12-13,15-16,23,26H,7-8,10-11,14,17H2,1H3,(H,32,35)(H,33,39)(H,34,38). The number of hydrogen-bond acceptors (Lipinski definition) is 4. The van der Waals surface area contributed by atoms with E-state index in [0.29, 0.717) is 44.6 Å². The third-order valence-corrected chi connectivity index (χ3v) is 7.70. The molecule has 0 bridgehead atoms. The molecule has 0 aliphatic carbocycles. The largest absolute Gasteiger partial charge is 0.329 e. The highest BCUT2D eigenvalue weighted by molar-refractivity contribution is 5.92. The van der Waals surface area contributed by atoms with E-state index in [9.17, 15) is 14.0 Å². The van der Waals surface area contributed by atoms with E-state index in [2.05, 4.69) is 25.8 Å². The van der Waals surface area contributed by atoms with Crippen molar-refractivity contribution in [2.75, 3.05) is 18.4 Å². The van der Waals surface area contributed by atoms with Crippen LogP contribution in [0.2, 0.25) is 0 Å². The number of benzene rings is 2. The van der Waals surface area contributed by atoms with Gasteiger partial charge in [-0.15, -0.1) is 0 Å². The van der Waals surface area contributed by atoms with Crippen molar-refractivity contribution in [2.45, 2.75) is 44.8 Å². The number of H-pyrrole nitrogens is 1. The van der Waals surface area contributed by atoms with Crippen molar-refractivity contribution in [2.24, 2.45) is 0 Å². The lowest BCUT2D eigenvalue weighted by atomic mass is 9.99. The molecule has 6 rings (SSSR count). The molecule has 1 fully saturated rings. The zero-order valence-electron chi connectivity index (χ0n) is 21.7. The molecule has 10 heteroatoms. The Bertz CT molecular complexity index is 1530. The number of urea groups is 2. The second-order valence-corrected chi connectivity index (χ2v) is 10.3. The Hall–Kier alpha value is -4.47. The lowest BCUT2D eigenvalue weighted by Gasteiger charge is -2.40. The van der Waals surface area contributed by atoms with E-state index in [4.69, 9.17) is 0 Å². The van der Waals surface area contributed by atoms with Gasteiger partial charge in [-0.25, -0.2) is 14.0 Å². The summed E-state index contributed by atoms with van der Waals surface area (Å²) in [5.74, 6) is -0.400. The molecule has 4 amide bonds. The van der Waals surface area contributed by atoms with E-state index in [1.54, 1.807) is 11.1 Å². The van der Waals surface area contributed by atoms with E-state index in [-0.39, 0.29) is 18.1 Å². The molecule has 4 heterocycles. The summed E-state index contributed by atoms with van der Waals surface area (Å²) in [6, 6.07) is 13.8. The number of carbonyl (C=O) groups is 2. The van der Waals surface area contributed by atoms with Crippen LogP contribution in [0.25, 0.3) is 10.9 Å². The average molecular weight is 528 g/mol. The van der Waals surface area contributed by atoms with Crippen molar-refractivity contribution in [3.8, 4) is 0 Å². The highest BCUT2D eigenvalue weighted by Gasteiger charge is 2.33. The molecule has 2 aromatic heterocycles. The fourth-order valence-corrected chi connectivity index (χ4v) is 5.65. The van der Waals surface area contributed by atoms with Crippen LogP contribution < -0.4 is 10.6 Å². The highest BCUT2D eigenvalue weighted by atomic mass is 19.1. The number of amides is 4. The predicted molar refractivity (Wildman–Crippen MR) is 146 cm³/mol. The molecule has 9 nitrogen and oxygen atoms in total. The minimum atomic E-state index is -0.515. The monoisotopic (exact) mass is 527 g/mol. The van der Waals surface area contributed by atoms with Crippen LogP contribution in [-0.4, -0.2) is 56.2 Å². The number of halogens is 1. The van der Waals surface area contributed by atoms with Gasteiger partial charge in [-0.1, -0.05) is 24.3 Å². The second kappa shape index (κ2) is 10.4. The second-order valence-electron chi connectivity index (χ2n) is 10.3. The smallest absolute Gasteiger partial charge is 0.322 e. The van der Waals surface area contributed by atoms with E-state index in [0.717, 1.165) is 33.3 Å². The van der Waals surface area contributed by atoms with Crippen molar-refractivity contribution in [1.82, 2.24) is 30.3 Å². The van der Waals surface area contributed by atoms with Crippen molar-refractivity contribution in [3.63, 3.8) is 0 Å². The van der Waals surface area contributed by atoms with Gasteiger partial charge >= 0.3 is 12.1 Å². The van der Waals surface area contributed by atoms with Gasteiger partial charge in [0.15, 0.2) is 0 Å². The van der Waals surface area contributed by atoms with Crippen molar-refractivity contribution < 1.29 is 14.0 Å². The molecule has 2 aromatic carbocycles. The summed E-state index contributed by atoms with van der Waals surface area (Å²) >= 11 is 0. The molecule has 0 saturated carbocycles. The Labute approximate surface area is 225 Å². The van der Waals surface area contributed by atoms with E-state index < -0.39 is 11.9 Å². The van der Waals surface area contributed by atoms with Crippen LogP contribution in [0.5, 0.6) is 0 Å². The molecule has 0 spiro atoms. The maximum absolute atomic E-state index is 14.1. The van der Waals surface area contributed by atoms with Crippen LogP contribution >= 0.6 is 0 Å². The molecule has 3 N–H and O–H groups in total. The molecule has 39 heavy (non-hydrogen) atoms. The normalized spacial score (nSPS) is 16.6. The number of rotatable bonds is 5. The Morgan fingerprint density at radius 3 is 2.82 bits per heavy atom. The first-order valence-electron chi connectivity index (χ1n) is 13.2. The molecule has 200 valence electrons. The molecule has 2 aliphatic rings. The number of aryl methyl sites for hydroxylation is 1. The quantitative estimate of drug-likeness (QED) is 0.343. The zero-order valence-corrected chi connectivity index (χ0v) is 21.7. The van der Waals surface area contributed by atoms with Gasteiger partial charge in [0, 0.05) is 42.9 Å². The number of hydrogen-bond donors (Lipinski definition) is 3. The van der Waals surface area contributed by atoms with Gasteiger partial charge in [-0.3, -0.25) is 10.1 Å².